The molecule has 0 radical (unpaired) electrons. The van der Waals surface area contributed by atoms with Crippen molar-refractivity contribution in [1.29, 1.82) is 0 Å². The third-order valence-electron chi connectivity index (χ3n) is 3.36. The molecule has 1 aromatic rings. The van der Waals surface area contributed by atoms with Crippen LogP contribution in [0, 0.1) is 5.92 Å². The lowest BCUT2D eigenvalue weighted by atomic mass is 9.98. The minimum atomic E-state index is -0.106. The highest BCUT2D eigenvalue weighted by atomic mass is 16.3. The van der Waals surface area contributed by atoms with Crippen LogP contribution in [0.1, 0.15) is 24.8 Å². The second kappa shape index (κ2) is 5.87. The fraction of sp³-hybridized carbons (Fsp3) is 0.615. The van der Waals surface area contributed by atoms with Crippen molar-refractivity contribution < 1.29 is 9.21 Å². The van der Waals surface area contributed by atoms with Crippen LogP contribution in [0.2, 0.25) is 0 Å². The molecule has 1 aliphatic heterocycles. The quantitative estimate of drug-likeness (QED) is 0.859. The van der Waals surface area contributed by atoms with Gasteiger partial charge in [-0.25, -0.2) is 0 Å². The van der Waals surface area contributed by atoms with Crippen LogP contribution in [0.3, 0.4) is 0 Å². The molecule has 2 N–H and O–H groups in total. The van der Waals surface area contributed by atoms with Crippen molar-refractivity contribution in [2.24, 2.45) is 11.7 Å². The fourth-order valence-electron chi connectivity index (χ4n) is 2.34. The Hall–Kier alpha value is -1.29. The van der Waals surface area contributed by atoms with E-state index >= 15 is 0 Å². The van der Waals surface area contributed by atoms with Gasteiger partial charge in [-0.1, -0.05) is 0 Å². The van der Waals surface area contributed by atoms with Crippen LogP contribution in [0.4, 0.5) is 0 Å². The van der Waals surface area contributed by atoms with E-state index in [-0.39, 0.29) is 11.8 Å². The summed E-state index contributed by atoms with van der Waals surface area (Å²) in [6, 6.07) is 1.89. The number of hydrogen-bond donors (Lipinski definition) is 1. The molecule has 4 nitrogen and oxygen atoms in total. The molecule has 2 rings (SSSR count). The zero-order valence-corrected chi connectivity index (χ0v) is 10.1. The van der Waals surface area contributed by atoms with Crippen molar-refractivity contribution in [3.63, 3.8) is 0 Å². The standard InChI is InChI=1S/C13H20N2O2/c14-9-12(8-11-4-7-17-10-11)13(16)15-5-2-1-3-6-15/h4,7,10,12H,1-3,5-6,8-9,14H2. The number of hydrogen-bond acceptors (Lipinski definition) is 3. The summed E-state index contributed by atoms with van der Waals surface area (Å²) in [5.41, 5.74) is 6.77. The van der Waals surface area contributed by atoms with Crippen LogP contribution < -0.4 is 5.73 Å². The van der Waals surface area contributed by atoms with Gasteiger partial charge in [-0.05, 0) is 37.3 Å². The number of amides is 1. The minimum Gasteiger partial charge on any atom is -0.472 e. The van der Waals surface area contributed by atoms with Gasteiger partial charge in [0.25, 0.3) is 0 Å². The number of nitrogens with zero attached hydrogens (tertiary/aromatic N) is 1. The summed E-state index contributed by atoms with van der Waals surface area (Å²) in [6.07, 6.45) is 7.48. The highest BCUT2D eigenvalue weighted by molar-refractivity contribution is 5.79. The largest absolute Gasteiger partial charge is 0.472 e. The first-order valence-corrected chi connectivity index (χ1v) is 6.31. The van der Waals surface area contributed by atoms with Crippen molar-refractivity contribution >= 4 is 5.91 Å². The molecular weight excluding hydrogens is 216 g/mol. The van der Waals surface area contributed by atoms with Gasteiger partial charge in [0.15, 0.2) is 0 Å². The third kappa shape index (κ3) is 3.09. The monoisotopic (exact) mass is 236 g/mol. The number of rotatable bonds is 4. The number of piperidine rings is 1. The average Bonchev–Trinajstić information content (AvgIpc) is 2.89. The Morgan fingerprint density at radius 1 is 1.41 bits per heavy atom. The Bertz CT molecular complexity index is 342. The Kier molecular flexibility index (Phi) is 4.20. The van der Waals surface area contributed by atoms with Gasteiger partial charge in [0.2, 0.25) is 5.91 Å². The van der Waals surface area contributed by atoms with E-state index in [1.165, 1.54) is 6.42 Å². The topological polar surface area (TPSA) is 59.5 Å². The molecule has 2 heterocycles. The van der Waals surface area contributed by atoms with E-state index in [1.54, 1.807) is 12.5 Å². The molecule has 0 aliphatic carbocycles. The van der Waals surface area contributed by atoms with Crippen LogP contribution in [0.15, 0.2) is 23.0 Å². The molecule has 1 aliphatic rings. The lowest BCUT2D eigenvalue weighted by Gasteiger charge is -2.30. The predicted molar refractivity (Wildman–Crippen MR) is 65.4 cm³/mol. The van der Waals surface area contributed by atoms with E-state index in [1.807, 2.05) is 11.0 Å². The molecule has 1 saturated heterocycles. The summed E-state index contributed by atoms with van der Waals surface area (Å²) in [6.45, 7) is 2.18. The normalized spacial score (nSPS) is 18.1. The molecule has 94 valence electrons. The lowest BCUT2D eigenvalue weighted by Crippen LogP contribution is -2.42. The fourth-order valence-corrected chi connectivity index (χ4v) is 2.34. The zero-order valence-electron chi connectivity index (χ0n) is 10.1. The molecule has 1 amide bonds. The molecule has 0 spiro atoms. The van der Waals surface area contributed by atoms with Crippen LogP contribution in [-0.4, -0.2) is 30.4 Å². The van der Waals surface area contributed by atoms with Gasteiger partial charge >= 0.3 is 0 Å². The molecule has 1 atom stereocenters. The molecule has 0 saturated carbocycles. The van der Waals surface area contributed by atoms with E-state index in [0.29, 0.717) is 13.0 Å². The molecule has 1 aromatic heterocycles. The van der Waals surface area contributed by atoms with Crippen LogP contribution in [0.25, 0.3) is 0 Å². The molecule has 1 unspecified atom stereocenters. The summed E-state index contributed by atoms with van der Waals surface area (Å²) in [5.74, 6) is 0.0964. The van der Waals surface area contributed by atoms with Gasteiger partial charge in [0.1, 0.15) is 0 Å². The number of carbonyl (C=O) groups is 1. The highest BCUT2D eigenvalue weighted by Gasteiger charge is 2.24. The summed E-state index contributed by atoms with van der Waals surface area (Å²) in [4.78, 5) is 14.2. The number of furan rings is 1. The van der Waals surface area contributed by atoms with Gasteiger partial charge in [0, 0.05) is 19.6 Å². The average molecular weight is 236 g/mol. The maximum Gasteiger partial charge on any atom is 0.227 e. The first-order chi connectivity index (χ1) is 8.31. The van der Waals surface area contributed by atoms with Crippen molar-refractivity contribution in [3.8, 4) is 0 Å². The predicted octanol–water partition coefficient (Wildman–Crippen LogP) is 1.41. The maximum atomic E-state index is 12.3. The van der Waals surface area contributed by atoms with Crippen molar-refractivity contribution in [2.45, 2.75) is 25.7 Å². The molecule has 1 fully saturated rings. The van der Waals surface area contributed by atoms with Gasteiger partial charge in [-0.15, -0.1) is 0 Å². The summed E-state index contributed by atoms with van der Waals surface area (Å²) in [5, 5.41) is 0. The second-order valence-corrected chi connectivity index (χ2v) is 4.65. The van der Waals surface area contributed by atoms with Crippen molar-refractivity contribution in [3.05, 3.63) is 24.2 Å². The van der Waals surface area contributed by atoms with Gasteiger partial charge in [-0.2, -0.15) is 0 Å². The van der Waals surface area contributed by atoms with Crippen LogP contribution in [0.5, 0.6) is 0 Å². The Morgan fingerprint density at radius 2 is 2.18 bits per heavy atom. The Morgan fingerprint density at radius 3 is 2.76 bits per heavy atom. The molecule has 4 heteroatoms. The Labute approximate surface area is 102 Å². The molecule has 0 bridgehead atoms. The van der Waals surface area contributed by atoms with Crippen LogP contribution in [-0.2, 0) is 11.2 Å². The summed E-state index contributed by atoms with van der Waals surface area (Å²) >= 11 is 0. The van der Waals surface area contributed by atoms with E-state index in [9.17, 15) is 4.79 Å². The first-order valence-electron chi connectivity index (χ1n) is 6.31. The SMILES string of the molecule is NCC(Cc1ccoc1)C(=O)N1CCCCC1. The van der Waals surface area contributed by atoms with E-state index in [2.05, 4.69) is 0 Å². The smallest absolute Gasteiger partial charge is 0.227 e. The minimum absolute atomic E-state index is 0.106. The number of likely N-dealkylation sites (tertiary alicyclic amines) is 1. The maximum absolute atomic E-state index is 12.3. The van der Waals surface area contributed by atoms with Gasteiger partial charge in [0.05, 0.1) is 18.4 Å². The lowest BCUT2D eigenvalue weighted by molar-refractivity contribution is -0.136. The van der Waals surface area contributed by atoms with Crippen molar-refractivity contribution in [2.75, 3.05) is 19.6 Å². The second-order valence-electron chi connectivity index (χ2n) is 4.65. The Balaban J connectivity index is 1.94. The third-order valence-corrected chi connectivity index (χ3v) is 3.36. The van der Waals surface area contributed by atoms with E-state index < -0.39 is 0 Å². The first kappa shape index (κ1) is 12.2. The van der Waals surface area contributed by atoms with E-state index in [0.717, 1.165) is 31.5 Å². The van der Waals surface area contributed by atoms with Gasteiger partial charge in [-0.3, -0.25) is 4.79 Å². The van der Waals surface area contributed by atoms with Crippen molar-refractivity contribution in [1.82, 2.24) is 4.90 Å². The molecule has 17 heavy (non-hydrogen) atoms. The number of nitrogens with two attached hydrogens (primary N) is 1. The summed E-state index contributed by atoms with van der Waals surface area (Å²) in [7, 11) is 0. The molecular formula is C13H20N2O2. The highest BCUT2D eigenvalue weighted by Crippen LogP contribution is 2.15. The molecule has 0 aromatic carbocycles. The summed E-state index contributed by atoms with van der Waals surface area (Å²) < 4.78 is 5.02. The number of carbonyl (C=O) groups excluding carboxylic acids is 1. The zero-order chi connectivity index (χ0) is 12.1. The van der Waals surface area contributed by atoms with Crippen LogP contribution >= 0.6 is 0 Å². The van der Waals surface area contributed by atoms with E-state index in [4.69, 9.17) is 10.2 Å². The van der Waals surface area contributed by atoms with Gasteiger partial charge < -0.3 is 15.1 Å².